The lowest BCUT2D eigenvalue weighted by Gasteiger charge is -2.16. The molecule has 0 radical (unpaired) electrons. The Morgan fingerprint density at radius 1 is 1.00 bits per heavy atom. The lowest BCUT2D eigenvalue weighted by Crippen LogP contribution is -2.17. The highest BCUT2D eigenvalue weighted by Crippen LogP contribution is 2.35. The van der Waals surface area contributed by atoms with Crippen LogP contribution in [-0.4, -0.2) is 18.1 Å². The van der Waals surface area contributed by atoms with Crippen molar-refractivity contribution < 1.29 is 13.9 Å². The minimum Gasteiger partial charge on any atom is -0.490 e. The standard InChI is InChI=1S/C26H25BrClFN2O2/c1-2-32-25-11-19(14-30-10-9-17-15-31-24-6-4-3-5-21(17)24)22(27)13-26(25)33-16-18-7-8-20(29)12-23(18)28/h3-8,11-13,15,30-31H,2,9-10,14,16H2,1H3. The van der Waals surface area contributed by atoms with Gasteiger partial charge in [0.25, 0.3) is 0 Å². The van der Waals surface area contributed by atoms with Crippen LogP contribution in [-0.2, 0) is 19.6 Å². The number of hydrogen-bond acceptors (Lipinski definition) is 3. The van der Waals surface area contributed by atoms with Crippen LogP contribution in [0, 0.1) is 5.82 Å². The fourth-order valence-electron chi connectivity index (χ4n) is 3.67. The van der Waals surface area contributed by atoms with Crippen LogP contribution in [0.4, 0.5) is 4.39 Å². The summed E-state index contributed by atoms with van der Waals surface area (Å²) < 4.78 is 26.0. The third-order valence-electron chi connectivity index (χ3n) is 5.37. The summed E-state index contributed by atoms with van der Waals surface area (Å²) in [7, 11) is 0. The molecule has 2 N–H and O–H groups in total. The van der Waals surface area contributed by atoms with Crippen LogP contribution in [0.2, 0.25) is 5.02 Å². The number of halogens is 3. The maximum atomic E-state index is 13.3. The summed E-state index contributed by atoms with van der Waals surface area (Å²) >= 11 is 9.77. The molecular weight excluding hydrogens is 507 g/mol. The normalized spacial score (nSPS) is 11.2. The fraction of sp³-hybridized carbons (Fsp3) is 0.231. The van der Waals surface area contributed by atoms with E-state index in [1.807, 2.05) is 25.1 Å². The van der Waals surface area contributed by atoms with Gasteiger partial charge >= 0.3 is 0 Å². The van der Waals surface area contributed by atoms with E-state index in [0.29, 0.717) is 35.2 Å². The van der Waals surface area contributed by atoms with Gasteiger partial charge in [-0.05, 0) is 61.3 Å². The summed E-state index contributed by atoms with van der Waals surface area (Å²) in [6.07, 6.45) is 3.01. The summed E-state index contributed by atoms with van der Waals surface area (Å²) in [5.41, 5.74) is 4.24. The van der Waals surface area contributed by atoms with Crippen LogP contribution in [0.5, 0.6) is 11.5 Å². The lowest BCUT2D eigenvalue weighted by molar-refractivity contribution is 0.269. The smallest absolute Gasteiger partial charge is 0.162 e. The number of ether oxygens (including phenoxy) is 2. The first-order chi connectivity index (χ1) is 16.0. The van der Waals surface area contributed by atoms with Crippen LogP contribution in [0.15, 0.2) is 65.3 Å². The molecule has 3 aromatic carbocycles. The van der Waals surface area contributed by atoms with Gasteiger partial charge in [-0.1, -0.05) is 51.8 Å². The number of aromatic amines is 1. The molecule has 1 aromatic heterocycles. The number of fused-ring (bicyclic) bond motifs is 1. The maximum absolute atomic E-state index is 13.3. The molecule has 0 saturated carbocycles. The largest absolute Gasteiger partial charge is 0.490 e. The van der Waals surface area contributed by atoms with Crippen molar-refractivity contribution in [1.82, 2.24) is 10.3 Å². The van der Waals surface area contributed by atoms with E-state index in [0.717, 1.165) is 28.5 Å². The predicted octanol–water partition coefficient (Wildman–Crippen LogP) is 7.03. The van der Waals surface area contributed by atoms with E-state index in [1.165, 1.54) is 23.1 Å². The van der Waals surface area contributed by atoms with E-state index >= 15 is 0 Å². The van der Waals surface area contributed by atoms with Crippen molar-refractivity contribution in [1.29, 1.82) is 0 Å². The van der Waals surface area contributed by atoms with Crippen molar-refractivity contribution in [2.45, 2.75) is 26.5 Å². The molecule has 7 heteroatoms. The van der Waals surface area contributed by atoms with Gasteiger partial charge in [-0.3, -0.25) is 0 Å². The van der Waals surface area contributed by atoms with Gasteiger partial charge in [0, 0.05) is 33.7 Å². The molecule has 0 atom stereocenters. The number of aromatic nitrogens is 1. The molecule has 0 aliphatic heterocycles. The summed E-state index contributed by atoms with van der Waals surface area (Å²) in [6, 6.07) is 16.5. The Kier molecular flexibility index (Phi) is 7.91. The Hall–Kier alpha value is -2.54. The fourth-order valence-corrected chi connectivity index (χ4v) is 4.36. The van der Waals surface area contributed by atoms with E-state index in [2.05, 4.69) is 50.6 Å². The molecule has 1 heterocycles. The summed E-state index contributed by atoms with van der Waals surface area (Å²) in [6.45, 7) is 4.20. The van der Waals surface area contributed by atoms with Gasteiger partial charge in [0.15, 0.2) is 11.5 Å². The van der Waals surface area contributed by atoms with Crippen LogP contribution in [0.1, 0.15) is 23.6 Å². The summed E-state index contributed by atoms with van der Waals surface area (Å²) in [5.74, 6) is 0.891. The molecule has 4 nitrogen and oxygen atoms in total. The Labute approximate surface area is 206 Å². The molecule has 0 bridgehead atoms. The van der Waals surface area contributed by atoms with Crippen molar-refractivity contribution in [3.63, 3.8) is 0 Å². The number of H-pyrrole nitrogens is 1. The molecule has 0 aliphatic rings. The average molecular weight is 532 g/mol. The average Bonchev–Trinajstić information content (AvgIpc) is 3.21. The number of nitrogens with one attached hydrogen (secondary N) is 2. The molecular formula is C26H25BrClFN2O2. The zero-order valence-electron chi connectivity index (χ0n) is 18.3. The van der Waals surface area contributed by atoms with E-state index in [4.69, 9.17) is 21.1 Å². The first kappa shape index (κ1) is 23.6. The lowest BCUT2D eigenvalue weighted by atomic mass is 10.1. The molecule has 4 aromatic rings. The molecule has 0 unspecified atom stereocenters. The molecule has 0 aliphatic carbocycles. The number of para-hydroxylation sites is 1. The van der Waals surface area contributed by atoms with E-state index in [-0.39, 0.29) is 12.4 Å². The molecule has 0 amide bonds. The van der Waals surface area contributed by atoms with Crippen molar-refractivity contribution in [3.05, 3.63) is 92.8 Å². The molecule has 0 fully saturated rings. The van der Waals surface area contributed by atoms with E-state index in [1.54, 1.807) is 6.07 Å². The van der Waals surface area contributed by atoms with Gasteiger partial charge in [-0.25, -0.2) is 4.39 Å². The summed E-state index contributed by atoms with van der Waals surface area (Å²) in [5, 5.41) is 5.11. The van der Waals surface area contributed by atoms with E-state index in [9.17, 15) is 4.39 Å². The SMILES string of the molecule is CCOc1cc(CNCCc2c[nH]c3ccccc23)c(Br)cc1OCc1ccc(F)cc1Cl. The van der Waals surface area contributed by atoms with E-state index < -0.39 is 0 Å². The molecule has 33 heavy (non-hydrogen) atoms. The van der Waals surface area contributed by atoms with Gasteiger partial charge in [0.1, 0.15) is 12.4 Å². The minimum atomic E-state index is -0.372. The molecule has 4 rings (SSSR count). The predicted molar refractivity (Wildman–Crippen MR) is 135 cm³/mol. The third kappa shape index (κ3) is 5.88. The molecule has 172 valence electrons. The van der Waals surface area contributed by atoms with Gasteiger partial charge < -0.3 is 19.8 Å². The van der Waals surface area contributed by atoms with Crippen LogP contribution in [0.3, 0.4) is 0 Å². The van der Waals surface area contributed by atoms with Crippen LogP contribution < -0.4 is 14.8 Å². The van der Waals surface area contributed by atoms with Gasteiger partial charge in [0.2, 0.25) is 0 Å². The summed E-state index contributed by atoms with van der Waals surface area (Å²) in [4.78, 5) is 3.32. The second-order valence-corrected chi connectivity index (χ2v) is 8.90. The highest BCUT2D eigenvalue weighted by molar-refractivity contribution is 9.10. The van der Waals surface area contributed by atoms with Crippen LogP contribution >= 0.6 is 27.5 Å². The van der Waals surface area contributed by atoms with Gasteiger partial charge in [-0.2, -0.15) is 0 Å². The third-order valence-corrected chi connectivity index (χ3v) is 6.46. The van der Waals surface area contributed by atoms with Crippen molar-refractivity contribution in [3.8, 4) is 11.5 Å². The zero-order valence-corrected chi connectivity index (χ0v) is 20.6. The molecule has 0 saturated heterocycles. The Bertz CT molecular complexity index is 1240. The first-order valence-electron chi connectivity index (χ1n) is 10.8. The Morgan fingerprint density at radius 2 is 1.82 bits per heavy atom. The van der Waals surface area contributed by atoms with Crippen molar-refractivity contribution >= 4 is 38.4 Å². The van der Waals surface area contributed by atoms with Gasteiger partial charge in [-0.15, -0.1) is 0 Å². The first-order valence-corrected chi connectivity index (χ1v) is 12.0. The second-order valence-electron chi connectivity index (χ2n) is 7.63. The molecule has 0 spiro atoms. The van der Waals surface area contributed by atoms with Gasteiger partial charge in [0.05, 0.1) is 11.6 Å². The topological polar surface area (TPSA) is 46.3 Å². The zero-order chi connectivity index (χ0) is 23.2. The highest BCUT2D eigenvalue weighted by Gasteiger charge is 2.13. The Balaban J connectivity index is 1.39. The number of rotatable bonds is 10. The van der Waals surface area contributed by atoms with Crippen LogP contribution in [0.25, 0.3) is 10.9 Å². The maximum Gasteiger partial charge on any atom is 0.162 e. The monoisotopic (exact) mass is 530 g/mol. The number of hydrogen-bond donors (Lipinski definition) is 2. The second kappa shape index (κ2) is 11.1. The minimum absolute atomic E-state index is 0.216. The van der Waals surface area contributed by atoms with Crippen molar-refractivity contribution in [2.75, 3.05) is 13.2 Å². The van der Waals surface area contributed by atoms with Crippen molar-refractivity contribution in [2.24, 2.45) is 0 Å². The quantitative estimate of drug-likeness (QED) is 0.216. The highest BCUT2D eigenvalue weighted by atomic mass is 79.9. The Morgan fingerprint density at radius 3 is 2.64 bits per heavy atom. The number of benzene rings is 3.